The predicted octanol–water partition coefficient (Wildman–Crippen LogP) is 4.50. The molecule has 32 heavy (non-hydrogen) atoms. The lowest BCUT2D eigenvalue weighted by atomic mass is 10.1. The molecule has 2 heterocycles. The Morgan fingerprint density at radius 1 is 1.16 bits per heavy atom. The number of carbonyl (C=O) groups is 1. The second kappa shape index (κ2) is 10.7. The summed E-state index contributed by atoms with van der Waals surface area (Å²) in [6, 6.07) is 15.6. The fourth-order valence-corrected chi connectivity index (χ4v) is 4.66. The normalized spacial score (nSPS) is 14.3. The van der Waals surface area contributed by atoms with E-state index in [2.05, 4.69) is 4.90 Å². The van der Waals surface area contributed by atoms with Gasteiger partial charge in [-0.3, -0.25) is 14.6 Å². The van der Waals surface area contributed by atoms with E-state index in [4.69, 9.17) is 14.5 Å². The zero-order valence-electron chi connectivity index (χ0n) is 18.6. The van der Waals surface area contributed by atoms with Crippen LogP contribution in [0.5, 0.6) is 5.75 Å². The van der Waals surface area contributed by atoms with Crippen molar-refractivity contribution in [1.82, 2.24) is 9.88 Å². The summed E-state index contributed by atoms with van der Waals surface area (Å²) in [5.74, 6) is 0.810. The lowest BCUT2D eigenvalue weighted by molar-refractivity contribution is 0.0376. The van der Waals surface area contributed by atoms with Crippen molar-refractivity contribution in [3.8, 4) is 17.0 Å². The number of methoxy groups -OCH3 is 1. The van der Waals surface area contributed by atoms with Gasteiger partial charge in [-0.15, -0.1) is 11.3 Å². The van der Waals surface area contributed by atoms with Crippen LogP contribution in [-0.4, -0.2) is 62.3 Å². The van der Waals surface area contributed by atoms with E-state index < -0.39 is 0 Å². The van der Waals surface area contributed by atoms with Gasteiger partial charge < -0.3 is 9.47 Å². The molecule has 0 saturated carbocycles. The van der Waals surface area contributed by atoms with E-state index in [0.29, 0.717) is 6.54 Å². The van der Waals surface area contributed by atoms with E-state index in [0.717, 1.165) is 72.5 Å². The van der Waals surface area contributed by atoms with Crippen molar-refractivity contribution in [1.29, 1.82) is 0 Å². The third-order valence-electron chi connectivity index (χ3n) is 5.69. The van der Waals surface area contributed by atoms with Crippen LogP contribution in [0.3, 0.4) is 0 Å². The van der Waals surface area contributed by atoms with Crippen LogP contribution in [0, 0.1) is 6.92 Å². The molecule has 1 amide bonds. The van der Waals surface area contributed by atoms with Crippen molar-refractivity contribution in [3.63, 3.8) is 0 Å². The first-order valence-electron chi connectivity index (χ1n) is 10.9. The summed E-state index contributed by atoms with van der Waals surface area (Å²) in [6.45, 7) is 7.00. The number of hydrogen-bond donors (Lipinski definition) is 0. The second-order valence-corrected chi connectivity index (χ2v) is 8.66. The van der Waals surface area contributed by atoms with Crippen molar-refractivity contribution in [2.75, 3.05) is 51.4 Å². The minimum atomic E-state index is 0.000656. The Bertz CT molecular complexity index is 1030. The maximum absolute atomic E-state index is 13.5. The topological polar surface area (TPSA) is 54.9 Å². The van der Waals surface area contributed by atoms with E-state index in [9.17, 15) is 4.79 Å². The number of amides is 1. The van der Waals surface area contributed by atoms with Crippen molar-refractivity contribution in [2.24, 2.45) is 0 Å². The molecule has 0 bridgehead atoms. The van der Waals surface area contributed by atoms with E-state index in [1.54, 1.807) is 7.11 Å². The second-order valence-electron chi connectivity index (χ2n) is 7.82. The third-order valence-corrected chi connectivity index (χ3v) is 6.55. The number of rotatable bonds is 8. The third kappa shape index (κ3) is 5.35. The van der Waals surface area contributed by atoms with Crippen LogP contribution in [-0.2, 0) is 4.74 Å². The van der Waals surface area contributed by atoms with Gasteiger partial charge >= 0.3 is 0 Å². The molecular formula is C25H29N3O3S. The maximum atomic E-state index is 13.5. The summed E-state index contributed by atoms with van der Waals surface area (Å²) in [6.07, 6.45) is 0.884. The standard InChI is InChI=1S/C25H29N3O3S/c1-19-6-3-4-7-22(19)24(29)28(13-5-12-27-14-16-31-17-15-27)25-26-23(18-32-25)20-8-10-21(30-2)11-9-20/h3-4,6-11,18H,5,12-17H2,1-2H3. The number of carbonyl (C=O) groups excluding carboxylic acids is 1. The number of benzene rings is 2. The largest absolute Gasteiger partial charge is 0.497 e. The molecule has 0 unspecified atom stereocenters. The quantitative estimate of drug-likeness (QED) is 0.505. The predicted molar refractivity (Wildman–Crippen MR) is 129 cm³/mol. The molecule has 0 N–H and O–H groups in total. The average Bonchev–Trinajstić information content (AvgIpc) is 3.32. The van der Waals surface area contributed by atoms with Gasteiger partial charge in [-0.2, -0.15) is 0 Å². The number of anilines is 1. The molecule has 0 radical (unpaired) electrons. The molecule has 1 aliphatic heterocycles. The molecular weight excluding hydrogens is 422 g/mol. The Morgan fingerprint density at radius 2 is 1.91 bits per heavy atom. The molecule has 1 saturated heterocycles. The molecule has 6 nitrogen and oxygen atoms in total. The van der Waals surface area contributed by atoms with Gasteiger partial charge in [0, 0.05) is 42.7 Å². The highest BCUT2D eigenvalue weighted by molar-refractivity contribution is 7.14. The molecule has 7 heteroatoms. The van der Waals surface area contributed by atoms with Crippen LogP contribution in [0.1, 0.15) is 22.3 Å². The van der Waals surface area contributed by atoms with Gasteiger partial charge in [0.25, 0.3) is 5.91 Å². The van der Waals surface area contributed by atoms with E-state index in [1.165, 1.54) is 11.3 Å². The zero-order valence-corrected chi connectivity index (χ0v) is 19.4. The first-order chi connectivity index (χ1) is 15.7. The van der Waals surface area contributed by atoms with Crippen LogP contribution in [0.25, 0.3) is 11.3 Å². The molecule has 1 aromatic heterocycles. The Morgan fingerprint density at radius 3 is 2.62 bits per heavy atom. The summed E-state index contributed by atoms with van der Waals surface area (Å²) in [5.41, 5.74) is 3.57. The summed E-state index contributed by atoms with van der Waals surface area (Å²) < 4.78 is 10.7. The molecule has 0 aliphatic carbocycles. The fourth-order valence-electron chi connectivity index (χ4n) is 3.80. The van der Waals surface area contributed by atoms with Gasteiger partial charge in [0.1, 0.15) is 5.75 Å². The lowest BCUT2D eigenvalue weighted by Gasteiger charge is -2.28. The summed E-state index contributed by atoms with van der Waals surface area (Å²) in [7, 11) is 1.65. The van der Waals surface area contributed by atoms with Crippen molar-refractivity contribution in [2.45, 2.75) is 13.3 Å². The summed E-state index contributed by atoms with van der Waals surface area (Å²) >= 11 is 1.51. The Balaban J connectivity index is 1.54. The van der Waals surface area contributed by atoms with Crippen LogP contribution in [0.4, 0.5) is 5.13 Å². The molecule has 2 aromatic carbocycles. The Hall–Kier alpha value is -2.74. The number of thiazole rings is 1. The number of ether oxygens (including phenoxy) is 2. The maximum Gasteiger partial charge on any atom is 0.260 e. The summed E-state index contributed by atoms with van der Waals surface area (Å²) in [5, 5.41) is 2.74. The van der Waals surface area contributed by atoms with Crippen molar-refractivity contribution in [3.05, 3.63) is 65.0 Å². The molecule has 0 atom stereocenters. The number of nitrogens with zero attached hydrogens (tertiary/aromatic N) is 3. The molecule has 1 aliphatic rings. The molecule has 3 aromatic rings. The van der Waals surface area contributed by atoms with Gasteiger partial charge in [-0.1, -0.05) is 18.2 Å². The van der Waals surface area contributed by atoms with Crippen molar-refractivity contribution >= 4 is 22.4 Å². The molecule has 0 spiro atoms. The van der Waals surface area contributed by atoms with E-state index >= 15 is 0 Å². The molecule has 4 rings (SSSR count). The van der Waals surface area contributed by atoms with E-state index in [-0.39, 0.29) is 5.91 Å². The molecule has 1 fully saturated rings. The Labute approximate surface area is 193 Å². The van der Waals surface area contributed by atoms with Crippen molar-refractivity contribution < 1.29 is 14.3 Å². The van der Waals surface area contributed by atoms with Gasteiger partial charge in [0.05, 0.1) is 26.0 Å². The van der Waals surface area contributed by atoms with Gasteiger partial charge in [-0.25, -0.2) is 4.98 Å². The van der Waals surface area contributed by atoms with Gasteiger partial charge in [0.15, 0.2) is 5.13 Å². The fraction of sp³-hybridized carbons (Fsp3) is 0.360. The van der Waals surface area contributed by atoms with Gasteiger partial charge in [-0.05, 0) is 49.2 Å². The number of aryl methyl sites for hydroxylation is 1. The highest BCUT2D eigenvalue weighted by Gasteiger charge is 2.22. The minimum Gasteiger partial charge on any atom is -0.497 e. The lowest BCUT2D eigenvalue weighted by Crippen LogP contribution is -2.39. The van der Waals surface area contributed by atoms with E-state index in [1.807, 2.05) is 65.7 Å². The smallest absolute Gasteiger partial charge is 0.260 e. The number of hydrogen-bond acceptors (Lipinski definition) is 6. The first kappa shape index (κ1) is 22.5. The average molecular weight is 452 g/mol. The highest BCUT2D eigenvalue weighted by atomic mass is 32.1. The monoisotopic (exact) mass is 451 g/mol. The van der Waals surface area contributed by atoms with Crippen LogP contribution < -0.4 is 9.64 Å². The highest BCUT2D eigenvalue weighted by Crippen LogP contribution is 2.30. The van der Waals surface area contributed by atoms with Gasteiger partial charge in [0.2, 0.25) is 0 Å². The molecule has 168 valence electrons. The van der Waals surface area contributed by atoms with Crippen LogP contribution in [0.2, 0.25) is 0 Å². The van der Waals surface area contributed by atoms with Crippen LogP contribution >= 0.6 is 11.3 Å². The zero-order chi connectivity index (χ0) is 22.3. The first-order valence-corrected chi connectivity index (χ1v) is 11.8. The SMILES string of the molecule is COc1ccc(-c2csc(N(CCCN3CCOCC3)C(=O)c3ccccc3C)n2)cc1. The minimum absolute atomic E-state index is 0.000656. The van der Waals surface area contributed by atoms with Crippen LogP contribution in [0.15, 0.2) is 53.9 Å². The number of morpholine rings is 1. The number of aromatic nitrogens is 1. The summed E-state index contributed by atoms with van der Waals surface area (Å²) in [4.78, 5) is 22.6. The Kier molecular flexibility index (Phi) is 7.52.